The molecule has 11 heteroatoms. The Morgan fingerprint density at radius 3 is 2.38 bits per heavy atom. The van der Waals surface area contributed by atoms with Crippen LogP contribution in [0.15, 0.2) is 0 Å². The van der Waals surface area contributed by atoms with Crippen molar-refractivity contribution >= 4 is 29.0 Å². The number of carbonyl (C=O) groups excluding carboxylic acids is 4. The molecule has 0 radical (unpaired) electrons. The molecule has 2 saturated carbocycles. The van der Waals surface area contributed by atoms with Crippen molar-refractivity contribution in [3.05, 3.63) is 28.1 Å². The Labute approximate surface area is 225 Å². The zero-order valence-corrected chi connectivity index (χ0v) is 22.8. The van der Waals surface area contributed by atoms with E-state index < -0.39 is 70.1 Å². The highest BCUT2D eigenvalue weighted by Gasteiger charge is 2.67. The van der Waals surface area contributed by atoms with Gasteiger partial charge in [-0.05, 0) is 65.6 Å². The topological polar surface area (TPSA) is 165 Å². The van der Waals surface area contributed by atoms with Gasteiger partial charge in [0.2, 0.25) is 5.91 Å². The van der Waals surface area contributed by atoms with Crippen LogP contribution in [0.5, 0.6) is 5.75 Å². The molecule has 0 bridgehead atoms. The standard InChI is InChI=1S/C28H35FN4O6/c1-27(2,3)33-7-6-12-14(10-33)21(34)17-13(19(12)29)8-11-9-15-20(32(4)5)23(36)18(26(31)38)24(30)28(15,39)25(37)16(11)22(17)35/h11,15-16,18,20,30,34,39H,6-10H2,1-5H3,(H2,31,38). The largest absolute Gasteiger partial charge is 0.507 e. The Morgan fingerprint density at radius 2 is 1.82 bits per heavy atom. The maximum absolute atomic E-state index is 16.0. The van der Waals surface area contributed by atoms with Crippen molar-refractivity contribution in [2.24, 2.45) is 29.4 Å². The number of halogens is 1. The molecule has 39 heavy (non-hydrogen) atoms. The molecule has 1 amide bonds. The number of nitrogens with zero attached hydrogens (tertiary/aromatic N) is 2. The van der Waals surface area contributed by atoms with Crippen molar-refractivity contribution in [2.45, 2.75) is 63.8 Å². The van der Waals surface area contributed by atoms with Crippen molar-refractivity contribution in [1.82, 2.24) is 9.80 Å². The second-order valence-corrected chi connectivity index (χ2v) is 12.7. The number of aliphatic hydroxyl groups is 1. The molecule has 0 spiro atoms. The fourth-order valence-electron chi connectivity index (χ4n) is 7.38. The summed E-state index contributed by atoms with van der Waals surface area (Å²) in [5.74, 6) is -9.74. The third-order valence-electron chi connectivity index (χ3n) is 9.36. The lowest BCUT2D eigenvalue weighted by atomic mass is 9.52. The van der Waals surface area contributed by atoms with Gasteiger partial charge in [-0.1, -0.05) is 0 Å². The van der Waals surface area contributed by atoms with E-state index in [0.717, 1.165) is 0 Å². The van der Waals surface area contributed by atoms with E-state index in [0.29, 0.717) is 24.1 Å². The van der Waals surface area contributed by atoms with E-state index >= 15 is 4.39 Å². The number of hydrogen-bond acceptors (Lipinski definition) is 9. The summed E-state index contributed by atoms with van der Waals surface area (Å²) in [6.45, 7) is 6.81. The number of nitrogens with two attached hydrogens (primary N) is 1. The number of aromatic hydroxyl groups is 1. The minimum absolute atomic E-state index is 0.0321. The third kappa shape index (κ3) is 3.66. The summed E-state index contributed by atoms with van der Waals surface area (Å²) in [6.07, 6.45) is 0.280. The highest BCUT2D eigenvalue weighted by molar-refractivity contribution is 6.33. The van der Waals surface area contributed by atoms with Gasteiger partial charge in [0.25, 0.3) is 0 Å². The molecule has 6 unspecified atom stereocenters. The summed E-state index contributed by atoms with van der Waals surface area (Å²) in [7, 11) is 3.11. The zero-order chi connectivity index (χ0) is 28.9. The van der Waals surface area contributed by atoms with Crippen molar-refractivity contribution in [1.29, 1.82) is 5.41 Å². The van der Waals surface area contributed by atoms with E-state index in [9.17, 15) is 29.4 Å². The molecule has 1 aliphatic heterocycles. The molecule has 210 valence electrons. The van der Waals surface area contributed by atoms with E-state index in [1.165, 1.54) is 4.90 Å². The van der Waals surface area contributed by atoms with Gasteiger partial charge < -0.3 is 21.4 Å². The lowest BCUT2D eigenvalue weighted by molar-refractivity contribution is -0.157. The predicted molar refractivity (Wildman–Crippen MR) is 138 cm³/mol. The molecule has 5 N–H and O–H groups in total. The first kappa shape index (κ1) is 27.5. The van der Waals surface area contributed by atoms with Crippen molar-refractivity contribution < 1.29 is 33.8 Å². The maximum atomic E-state index is 16.0. The maximum Gasteiger partial charge on any atom is 0.233 e. The van der Waals surface area contributed by atoms with Gasteiger partial charge in [-0.25, -0.2) is 4.39 Å². The van der Waals surface area contributed by atoms with E-state index in [1.807, 2.05) is 20.8 Å². The normalized spacial score (nSPS) is 33.0. The fourth-order valence-corrected chi connectivity index (χ4v) is 7.38. The number of carbonyl (C=O) groups is 4. The van der Waals surface area contributed by atoms with Gasteiger partial charge in [-0.15, -0.1) is 0 Å². The van der Waals surface area contributed by atoms with Gasteiger partial charge in [0.1, 0.15) is 17.5 Å². The number of primary amides is 1. The first-order valence-electron chi connectivity index (χ1n) is 13.2. The second kappa shape index (κ2) is 8.74. The molecule has 6 atom stereocenters. The highest BCUT2D eigenvalue weighted by Crippen LogP contribution is 2.52. The number of Topliss-reactive ketones (excluding diaryl/α,β-unsaturated/α-hetero) is 3. The Bertz CT molecular complexity index is 1350. The quantitative estimate of drug-likeness (QED) is 0.395. The number of nitrogens with one attached hydrogen (secondary N) is 1. The van der Waals surface area contributed by atoms with Crippen LogP contribution in [0.3, 0.4) is 0 Å². The van der Waals surface area contributed by atoms with E-state index in [2.05, 4.69) is 4.90 Å². The van der Waals surface area contributed by atoms with E-state index in [-0.39, 0.29) is 41.8 Å². The summed E-state index contributed by atoms with van der Waals surface area (Å²) in [5, 5.41) is 31.6. The third-order valence-corrected chi connectivity index (χ3v) is 9.36. The van der Waals surface area contributed by atoms with Crippen LogP contribution < -0.4 is 5.73 Å². The number of fused-ring (bicyclic) bond motifs is 4. The molecule has 0 saturated heterocycles. The molecule has 3 aliphatic carbocycles. The summed E-state index contributed by atoms with van der Waals surface area (Å²) in [4.78, 5) is 56.8. The first-order valence-corrected chi connectivity index (χ1v) is 13.2. The average molecular weight is 543 g/mol. The molecular formula is C28H35FN4O6. The Balaban J connectivity index is 1.63. The van der Waals surface area contributed by atoms with Crippen molar-refractivity contribution in [3.8, 4) is 5.75 Å². The molecule has 10 nitrogen and oxygen atoms in total. The summed E-state index contributed by atoms with van der Waals surface area (Å²) < 4.78 is 16.0. The van der Waals surface area contributed by atoms with Crippen LogP contribution in [0.1, 0.15) is 54.2 Å². The molecule has 0 aromatic heterocycles. The smallest absolute Gasteiger partial charge is 0.233 e. The molecule has 1 aromatic rings. The van der Waals surface area contributed by atoms with Crippen LogP contribution in [-0.4, -0.2) is 86.8 Å². The predicted octanol–water partition coefficient (Wildman–Crippen LogP) is 0.613. The number of hydrogen-bond donors (Lipinski definition) is 4. The number of likely N-dealkylation sites (N-methyl/N-ethyl adjacent to an activating group) is 1. The average Bonchev–Trinajstić information content (AvgIpc) is 2.83. The van der Waals surface area contributed by atoms with Crippen LogP contribution in [0.4, 0.5) is 4.39 Å². The first-order chi connectivity index (χ1) is 18.0. The van der Waals surface area contributed by atoms with Gasteiger partial charge in [-0.2, -0.15) is 0 Å². The fraction of sp³-hybridized carbons (Fsp3) is 0.607. The van der Waals surface area contributed by atoms with Crippen LogP contribution in [0.25, 0.3) is 0 Å². The summed E-state index contributed by atoms with van der Waals surface area (Å²) >= 11 is 0. The lowest BCUT2D eigenvalue weighted by Gasteiger charge is -2.53. The lowest BCUT2D eigenvalue weighted by Crippen LogP contribution is -2.73. The Kier molecular flexibility index (Phi) is 6.17. The molecule has 2 fully saturated rings. The number of ketones is 3. The van der Waals surface area contributed by atoms with Crippen LogP contribution in [0, 0.1) is 34.9 Å². The molecular weight excluding hydrogens is 507 g/mol. The number of benzene rings is 1. The minimum atomic E-state index is -2.58. The Hall–Kier alpha value is -3.02. The summed E-state index contributed by atoms with van der Waals surface area (Å²) in [5.41, 5.74) is 2.22. The second-order valence-electron chi connectivity index (χ2n) is 12.7. The molecule has 1 heterocycles. The van der Waals surface area contributed by atoms with E-state index in [4.69, 9.17) is 11.1 Å². The van der Waals surface area contributed by atoms with Crippen molar-refractivity contribution in [2.75, 3.05) is 20.6 Å². The van der Waals surface area contributed by atoms with Crippen LogP contribution in [-0.2, 0) is 33.8 Å². The number of amides is 1. The van der Waals surface area contributed by atoms with Gasteiger partial charge in [0.15, 0.2) is 23.0 Å². The number of rotatable bonds is 2. The number of phenolic OH excluding ortho intramolecular Hbond substituents is 1. The zero-order valence-electron chi connectivity index (χ0n) is 22.8. The van der Waals surface area contributed by atoms with Crippen molar-refractivity contribution in [3.63, 3.8) is 0 Å². The van der Waals surface area contributed by atoms with E-state index in [1.54, 1.807) is 14.1 Å². The SMILES string of the molecule is CN(C)C1C(=O)C(C(N)=O)C(=N)C2(O)C(=O)C3C(=O)c4c(O)c5c(c(F)c4CC3CC12)CCN(C(C)(C)C)C5. The molecule has 4 aliphatic rings. The van der Waals surface area contributed by atoms with Crippen LogP contribution in [0.2, 0.25) is 0 Å². The van der Waals surface area contributed by atoms with Crippen LogP contribution >= 0.6 is 0 Å². The molecule has 5 rings (SSSR count). The summed E-state index contributed by atoms with van der Waals surface area (Å²) in [6, 6.07) is -1.12. The number of phenols is 1. The van der Waals surface area contributed by atoms with Gasteiger partial charge >= 0.3 is 0 Å². The monoisotopic (exact) mass is 542 g/mol. The molecule has 1 aromatic carbocycles. The highest BCUT2D eigenvalue weighted by atomic mass is 19.1. The minimum Gasteiger partial charge on any atom is -0.507 e. The van der Waals surface area contributed by atoms with Gasteiger partial charge in [0, 0.05) is 35.7 Å². The van der Waals surface area contributed by atoms with Gasteiger partial charge in [0.05, 0.1) is 23.2 Å². The Morgan fingerprint density at radius 1 is 1.18 bits per heavy atom. The van der Waals surface area contributed by atoms with Gasteiger partial charge in [-0.3, -0.25) is 29.0 Å².